The summed E-state index contributed by atoms with van der Waals surface area (Å²) in [5, 5.41) is 19.1. The number of amides is 1. The van der Waals surface area contributed by atoms with Gasteiger partial charge in [-0.25, -0.2) is 0 Å². The zero-order valence-corrected chi connectivity index (χ0v) is 19.2. The largest absolute Gasteiger partial charge is 0.469 e. The van der Waals surface area contributed by atoms with E-state index in [4.69, 9.17) is 15.9 Å². The minimum absolute atomic E-state index is 0. The first kappa shape index (κ1) is 25.1. The molecule has 1 aliphatic carbocycles. The number of carbonyl (C=O) groups excluding carboxylic acids is 2. The third-order valence-electron chi connectivity index (χ3n) is 5.53. The van der Waals surface area contributed by atoms with Crippen LogP contribution < -0.4 is 16.0 Å². The van der Waals surface area contributed by atoms with Crippen molar-refractivity contribution in [3.05, 3.63) is 41.5 Å². The highest BCUT2D eigenvalue weighted by Gasteiger charge is 2.28. The van der Waals surface area contributed by atoms with Gasteiger partial charge in [-0.15, -0.1) is 22.6 Å². The fourth-order valence-corrected chi connectivity index (χ4v) is 3.75. The van der Waals surface area contributed by atoms with Crippen molar-refractivity contribution in [1.82, 2.24) is 15.5 Å². The summed E-state index contributed by atoms with van der Waals surface area (Å²) >= 11 is 0. The second kappa shape index (κ2) is 10.9. The van der Waals surface area contributed by atoms with Crippen LogP contribution in [0.5, 0.6) is 0 Å². The number of nitrogens with two attached hydrogens (primary N) is 1. The Kier molecular flexibility index (Phi) is 8.54. The molecule has 1 aliphatic rings. The number of amidine groups is 1. The molecule has 10 heteroatoms. The Labute approximate surface area is 193 Å². The SMILES string of the molecule is COC(=O)[C@H]1CC[C@H](NC(=O)c2cc(-c3ccc(C(=N)N)cc3)nnc2N(C)C)CC1.Cl. The van der Waals surface area contributed by atoms with Crippen LogP contribution in [-0.4, -0.2) is 55.2 Å². The fourth-order valence-electron chi connectivity index (χ4n) is 3.75. The lowest BCUT2D eigenvalue weighted by Crippen LogP contribution is -2.39. The third kappa shape index (κ3) is 5.73. The van der Waals surface area contributed by atoms with E-state index < -0.39 is 0 Å². The number of nitrogens with zero attached hydrogens (tertiary/aromatic N) is 3. The summed E-state index contributed by atoms with van der Waals surface area (Å²) in [6.45, 7) is 0. The summed E-state index contributed by atoms with van der Waals surface area (Å²) in [4.78, 5) is 26.6. The molecule has 1 aromatic heterocycles. The van der Waals surface area contributed by atoms with E-state index in [0.717, 1.165) is 18.4 Å². The normalized spacial score (nSPS) is 17.6. The number of hydrogen-bond donors (Lipinski definition) is 3. The van der Waals surface area contributed by atoms with E-state index in [1.165, 1.54) is 7.11 Å². The first-order valence-electron chi connectivity index (χ1n) is 10.2. The Bertz CT molecular complexity index is 972. The molecular formula is C22H29ClN6O3. The minimum atomic E-state index is -0.221. The van der Waals surface area contributed by atoms with Crippen LogP contribution in [0.1, 0.15) is 41.6 Å². The second-order valence-corrected chi connectivity index (χ2v) is 7.90. The number of hydrogen-bond acceptors (Lipinski definition) is 7. The highest BCUT2D eigenvalue weighted by Crippen LogP contribution is 2.27. The maximum Gasteiger partial charge on any atom is 0.308 e. The average molecular weight is 461 g/mol. The van der Waals surface area contributed by atoms with Crippen LogP contribution in [0.4, 0.5) is 5.82 Å². The molecule has 0 bridgehead atoms. The van der Waals surface area contributed by atoms with Gasteiger partial charge in [0, 0.05) is 31.3 Å². The number of nitrogen functional groups attached to an aromatic ring is 1. The van der Waals surface area contributed by atoms with E-state index in [2.05, 4.69) is 15.5 Å². The third-order valence-corrected chi connectivity index (χ3v) is 5.53. The average Bonchev–Trinajstić information content (AvgIpc) is 2.78. The maximum atomic E-state index is 13.1. The van der Waals surface area contributed by atoms with Gasteiger partial charge >= 0.3 is 5.97 Å². The molecule has 0 unspecified atom stereocenters. The van der Waals surface area contributed by atoms with E-state index in [0.29, 0.717) is 35.5 Å². The fraction of sp³-hybridized carbons (Fsp3) is 0.409. The molecule has 0 radical (unpaired) electrons. The predicted molar refractivity (Wildman–Crippen MR) is 125 cm³/mol. The molecule has 0 saturated heterocycles. The van der Waals surface area contributed by atoms with E-state index in [-0.39, 0.29) is 42.1 Å². The number of anilines is 1. The van der Waals surface area contributed by atoms with Gasteiger partial charge in [0.15, 0.2) is 5.82 Å². The van der Waals surface area contributed by atoms with E-state index in [9.17, 15) is 9.59 Å². The number of halogens is 1. The number of benzene rings is 1. The molecular weight excluding hydrogens is 432 g/mol. The highest BCUT2D eigenvalue weighted by molar-refractivity contribution is 6.00. The molecule has 0 atom stereocenters. The molecule has 1 saturated carbocycles. The van der Waals surface area contributed by atoms with Gasteiger partial charge in [0.25, 0.3) is 5.91 Å². The van der Waals surface area contributed by atoms with Crippen LogP contribution in [0.25, 0.3) is 11.3 Å². The standard InChI is InChI=1S/C22H28N6O3.ClH/c1-28(2)20-17(21(29)25-16-10-8-15(9-11-16)22(30)31-3)12-18(26-27-20)13-4-6-14(7-5-13)19(23)24;/h4-7,12,15-16H,8-11H2,1-3H3,(H3,23,24)(H,25,29);1H/t15-,16-;. The summed E-state index contributed by atoms with van der Waals surface area (Å²) in [5.74, 6) is -0.0322. The lowest BCUT2D eigenvalue weighted by Gasteiger charge is -2.28. The zero-order valence-electron chi connectivity index (χ0n) is 18.4. The molecule has 9 nitrogen and oxygen atoms in total. The molecule has 1 heterocycles. The smallest absolute Gasteiger partial charge is 0.308 e. The van der Waals surface area contributed by atoms with Crippen molar-refractivity contribution in [2.75, 3.05) is 26.1 Å². The zero-order chi connectivity index (χ0) is 22.5. The van der Waals surface area contributed by atoms with Crippen LogP contribution >= 0.6 is 12.4 Å². The first-order valence-corrected chi connectivity index (χ1v) is 10.2. The van der Waals surface area contributed by atoms with Crippen LogP contribution in [0.3, 0.4) is 0 Å². The molecule has 172 valence electrons. The number of rotatable bonds is 6. The number of nitrogens with one attached hydrogen (secondary N) is 2. The van der Waals surface area contributed by atoms with Crippen molar-refractivity contribution in [3.8, 4) is 11.3 Å². The van der Waals surface area contributed by atoms with Crippen LogP contribution in [0.15, 0.2) is 30.3 Å². The van der Waals surface area contributed by atoms with Gasteiger partial charge in [-0.05, 0) is 31.7 Å². The highest BCUT2D eigenvalue weighted by atomic mass is 35.5. The van der Waals surface area contributed by atoms with Gasteiger partial charge in [-0.1, -0.05) is 24.3 Å². The van der Waals surface area contributed by atoms with Crippen molar-refractivity contribution in [3.63, 3.8) is 0 Å². The monoisotopic (exact) mass is 460 g/mol. The van der Waals surface area contributed by atoms with Gasteiger partial charge in [-0.3, -0.25) is 15.0 Å². The minimum Gasteiger partial charge on any atom is -0.469 e. The molecule has 0 aliphatic heterocycles. The summed E-state index contributed by atoms with van der Waals surface area (Å²) in [6, 6.07) is 8.78. The Morgan fingerprint density at radius 1 is 1.12 bits per heavy atom. The topological polar surface area (TPSA) is 134 Å². The summed E-state index contributed by atoms with van der Waals surface area (Å²) in [6.07, 6.45) is 2.84. The number of methoxy groups -OCH3 is 1. The molecule has 1 amide bonds. The quantitative estimate of drug-likeness (QED) is 0.342. The molecule has 3 rings (SSSR count). The molecule has 1 fully saturated rings. The van der Waals surface area contributed by atoms with Gasteiger partial charge in [0.2, 0.25) is 0 Å². The Morgan fingerprint density at radius 3 is 2.28 bits per heavy atom. The van der Waals surface area contributed by atoms with E-state index in [1.54, 1.807) is 35.2 Å². The molecule has 4 N–H and O–H groups in total. The van der Waals surface area contributed by atoms with Gasteiger partial charge in [0.1, 0.15) is 5.84 Å². The van der Waals surface area contributed by atoms with E-state index in [1.807, 2.05) is 14.1 Å². The Morgan fingerprint density at radius 2 is 1.75 bits per heavy atom. The molecule has 1 aromatic carbocycles. The lowest BCUT2D eigenvalue weighted by molar-refractivity contribution is -0.146. The lowest BCUT2D eigenvalue weighted by atomic mass is 9.86. The summed E-state index contributed by atoms with van der Waals surface area (Å²) in [7, 11) is 5.02. The predicted octanol–water partition coefficient (Wildman–Crippen LogP) is 2.38. The number of ether oxygens (including phenoxy) is 1. The van der Waals surface area contributed by atoms with Gasteiger partial charge in [-0.2, -0.15) is 0 Å². The first-order chi connectivity index (χ1) is 14.8. The van der Waals surface area contributed by atoms with Crippen molar-refractivity contribution in [1.29, 1.82) is 5.41 Å². The molecule has 2 aromatic rings. The van der Waals surface area contributed by atoms with Crippen molar-refractivity contribution in [2.45, 2.75) is 31.7 Å². The van der Waals surface area contributed by atoms with E-state index >= 15 is 0 Å². The number of esters is 1. The van der Waals surface area contributed by atoms with Crippen molar-refractivity contribution < 1.29 is 14.3 Å². The van der Waals surface area contributed by atoms with Crippen molar-refractivity contribution >= 4 is 35.9 Å². The maximum absolute atomic E-state index is 13.1. The summed E-state index contributed by atoms with van der Waals surface area (Å²) in [5.41, 5.74) is 7.89. The molecule has 32 heavy (non-hydrogen) atoms. The second-order valence-electron chi connectivity index (χ2n) is 7.90. The van der Waals surface area contributed by atoms with Crippen LogP contribution in [-0.2, 0) is 9.53 Å². The van der Waals surface area contributed by atoms with Crippen LogP contribution in [0, 0.1) is 11.3 Å². The van der Waals surface area contributed by atoms with Crippen LogP contribution in [0.2, 0.25) is 0 Å². The van der Waals surface area contributed by atoms with Gasteiger partial charge < -0.3 is 20.7 Å². The Hall–Kier alpha value is -3.20. The van der Waals surface area contributed by atoms with Gasteiger partial charge in [0.05, 0.1) is 24.3 Å². The number of carbonyl (C=O) groups is 2. The summed E-state index contributed by atoms with van der Waals surface area (Å²) < 4.78 is 4.83. The number of aromatic nitrogens is 2. The Balaban J connectivity index is 0.00000363. The van der Waals surface area contributed by atoms with Crippen molar-refractivity contribution in [2.24, 2.45) is 11.7 Å². The molecule has 0 spiro atoms.